The van der Waals surface area contributed by atoms with Crippen molar-refractivity contribution < 1.29 is 9.90 Å². The number of carbonyl (C=O) groups is 1. The number of hydrogen-bond acceptors (Lipinski definition) is 4. The average molecular weight is 360 g/mol. The molecule has 1 fully saturated rings. The van der Waals surface area contributed by atoms with Gasteiger partial charge in [0.2, 0.25) is 0 Å². The second-order valence-electron chi connectivity index (χ2n) is 6.40. The van der Waals surface area contributed by atoms with Gasteiger partial charge in [0.25, 0.3) is 5.91 Å². The first-order chi connectivity index (χ1) is 12.0. The number of aromatic nitrogens is 1. The van der Waals surface area contributed by atoms with Crippen LogP contribution in [0.15, 0.2) is 30.5 Å². The topological polar surface area (TPSA) is 56.7 Å². The van der Waals surface area contributed by atoms with Gasteiger partial charge in [0.15, 0.2) is 5.69 Å². The Hall–Kier alpha value is -2.27. The van der Waals surface area contributed by atoms with Crippen molar-refractivity contribution in [1.82, 2.24) is 9.88 Å². The van der Waals surface area contributed by atoms with E-state index >= 15 is 0 Å². The summed E-state index contributed by atoms with van der Waals surface area (Å²) in [5.74, 6) is -0.279. The molecule has 0 bridgehead atoms. The predicted molar refractivity (Wildman–Crippen MR) is 99.6 cm³/mol. The summed E-state index contributed by atoms with van der Waals surface area (Å²) >= 11 is 6.24. The van der Waals surface area contributed by atoms with Gasteiger partial charge in [-0.2, -0.15) is 0 Å². The molecule has 1 aromatic carbocycles. The first-order valence-corrected chi connectivity index (χ1v) is 8.80. The molecule has 2 heterocycles. The number of aryl methyl sites for hydroxylation is 1. The molecule has 1 N–H and O–H groups in total. The Labute approximate surface area is 152 Å². The lowest BCUT2D eigenvalue weighted by Gasteiger charge is -2.25. The average Bonchev–Trinajstić information content (AvgIpc) is 2.83. The molecule has 0 spiro atoms. The third-order valence-corrected chi connectivity index (χ3v) is 4.98. The predicted octanol–water partition coefficient (Wildman–Crippen LogP) is 3.41. The lowest BCUT2D eigenvalue weighted by Crippen LogP contribution is -2.35. The van der Waals surface area contributed by atoms with E-state index < -0.39 is 0 Å². The number of halogens is 1. The Kier molecular flexibility index (Phi) is 5.13. The Bertz CT molecular complexity index is 794. The Morgan fingerprint density at radius 3 is 2.76 bits per heavy atom. The van der Waals surface area contributed by atoms with E-state index in [-0.39, 0.29) is 17.4 Å². The summed E-state index contributed by atoms with van der Waals surface area (Å²) in [6.07, 6.45) is 2.46. The fraction of sp³-hybridized carbons (Fsp3) is 0.368. The molecule has 1 saturated heterocycles. The summed E-state index contributed by atoms with van der Waals surface area (Å²) in [7, 11) is 0. The highest BCUT2D eigenvalue weighted by atomic mass is 35.5. The number of benzene rings is 1. The zero-order valence-corrected chi connectivity index (χ0v) is 15.3. The molecule has 2 aromatic rings. The molecule has 0 radical (unpaired) electrons. The maximum Gasteiger partial charge on any atom is 0.276 e. The normalized spacial score (nSPS) is 15.2. The summed E-state index contributed by atoms with van der Waals surface area (Å²) in [6.45, 7) is 6.65. The number of rotatable bonds is 2. The SMILES string of the molecule is Cc1cnc(C(=O)N2CCCN(c3cccc(Cl)c3C)CC2)c(O)c1. The van der Waals surface area contributed by atoms with Gasteiger partial charge < -0.3 is 14.9 Å². The smallest absolute Gasteiger partial charge is 0.276 e. The van der Waals surface area contributed by atoms with Crippen LogP contribution in [-0.4, -0.2) is 47.1 Å². The second-order valence-corrected chi connectivity index (χ2v) is 6.80. The number of pyridine rings is 1. The van der Waals surface area contributed by atoms with Crippen LogP contribution in [-0.2, 0) is 0 Å². The van der Waals surface area contributed by atoms with Crippen molar-refractivity contribution >= 4 is 23.2 Å². The van der Waals surface area contributed by atoms with E-state index in [9.17, 15) is 9.90 Å². The van der Waals surface area contributed by atoms with Crippen LogP contribution in [0.4, 0.5) is 5.69 Å². The van der Waals surface area contributed by atoms with Gasteiger partial charge in [-0.05, 0) is 49.6 Å². The largest absolute Gasteiger partial charge is 0.505 e. The summed E-state index contributed by atoms with van der Waals surface area (Å²) < 4.78 is 0. The van der Waals surface area contributed by atoms with Crippen LogP contribution >= 0.6 is 11.6 Å². The van der Waals surface area contributed by atoms with Crippen LogP contribution in [0.2, 0.25) is 5.02 Å². The fourth-order valence-corrected chi connectivity index (χ4v) is 3.34. The van der Waals surface area contributed by atoms with Crippen LogP contribution in [0.25, 0.3) is 0 Å². The van der Waals surface area contributed by atoms with Gasteiger partial charge in [-0.3, -0.25) is 4.79 Å². The van der Waals surface area contributed by atoms with Crippen LogP contribution < -0.4 is 4.90 Å². The highest BCUT2D eigenvalue weighted by molar-refractivity contribution is 6.31. The van der Waals surface area contributed by atoms with Gasteiger partial charge in [-0.25, -0.2) is 4.98 Å². The number of hydrogen-bond donors (Lipinski definition) is 1. The molecule has 3 rings (SSSR count). The monoisotopic (exact) mass is 359 g/mol. The minimum Gasteiger partial charge on any atom is -0.505 e. The number of nitrogens with zero attached hydrogens (tertiary/aromatic N) is 3. The van der Waals surface area contributed by atoms with Crippen molar-refractivity contribution in [3.8, 4) is 5.75 Å². The maximum absolute atomic E-state index is 12.7. The van der Waals surface area contributed by atoms with Crippen LogP contribution in [0, 0.1) is 13.8 Å². The molecule has 1 aliphatic rings. The molecule has 1 amide bonds. The van der Waals surface area contributed by atoms with Gasteiger partial charge in [-0.15, -0.1) is 0 Å². The molecular formula is C19H22ClN3O2. The van der Waals surface area contributed by atoms with Crippen molar-refractivity contribution in [3.63, 3.8) is 0 Å². The molecule has 0 atom stereocenters. The molecule has 1 aliphatic heterocycles. The van der Waals surface area contributed by atoms with E-state index in [1.807, 2.05) is 26.0 Å². The summed E-state index contributed by atoms with van der Waals surface area (Å²) in [5, 5.41) is 10.8. The standard InChI is InChI=1S/C19H22ClN3O2/c1-13-11-17(24)18(21-12-13)19(25)23-8-4-7-22(9-10-23)16-6-3-5-15(20)14(16)2/h3,5-6,11-12,24H,4,7-10H2,1-2H3. The summed E-state index contributed by atoms with van der Waals surface area (Å²) in [6, 6.07) is 7.47. The van der Waals surface area contributed by atoms with E-state index in [4.69, 9.17) is 11.6 Å². The van der Waals surface area contributed by atoms with E-state index in [1.165, 1.54) is 0 Å². The molecule has 0 aliphatic carbocycles. The van der Waals surface area contributed by atoms with Crippen LogP contribution in [0.3, 0.4) is 0 Å². The first kappa shape index (κ1) is 17.5. The quantitative estimate of drug-likeness (QED) is 0.892. The zero-order chi connectivity index (χ0) is 18.0. The molecule has 0 unspecified atom stereocenters. The highest BCUT2D eigenvalue weighted by Gasteiger charge is 2.24. The van der Waals surface area contributed by atoms with Crippen molar-refractivity contribution in [3.05, 3.63) is 52.3 Å². The molecule has 25 heavy (non-hydrogen) atoms. The second kappa shape index (κ2) is 7.31. The number of amides is 1. The van der Waals surface area contributed by atoms with E-state index in [2.05, 4.69) is 16.0 Å². The molecule has 132 valence electrons. The van der Waals surface area contributed by atoms with Gasteiger partial charge in [0, 0.05) is 43.1 Å². The van der Waals surface area contributed by atoms with E-state index in [0.29, 0.717) is 13.1 Å². The van der Waals surface area contributed by atoms with Crippen molar-refractivity contribution in [2.75, 3.05) is 31.1 Å². The van der Waals surface area contributed by atoms with Crippen molar-refractivity contribution in [2.45, 2.75) is 20.3 Å². The molecule has 6 heteroatoms. The van der Waals surface area contributed by atoms with Gasteiger partial charge in [0.05, 0.1) is 0 Å². The minimum atomic E-state index is -0.220. The lowest BCUT2D eigenvalue weighted by molar-refractivity contribution is 0.0758. The van der Waals surface area contributed by atoms with Crippen LogP contribution in [0.1, 0.15) is 28.0 Å². The lowest BCUT2D eigenvalue weighted by atomic mass is 10.1. The number of aromatic hydroxyl groups is 1. The minimum absolute atomic E-state index is 0.0585. The summed E-state index contributed by atoms with van der Waals surface area (Å²) in [5.41, 5.74) is 3.12. The molecular weight excluding hydrogens is 338 g/mol. The zero-order valence-electron chi connectivity index (χ0n) is 14.5. The Balaban J connectivity index is 1.75. The van der Waals surface area contributed by atoms with E-state index in [0.717, 1.165) is 41.3 Å². The van der Waals surface area contributed by atoms with Crippen molar-refractivity contribution in [1.29, 1.82) is 0 Å². The fourth-order valence-electron chi connectivity index (χ4n) is 3.17. The highest BCUT2D eigenvalue weighted by Crippen LogP contribution is 2.27. The molecule has 0 saturated carbocycles. The molecule has 5 nitrogen and oxygen atoms in total. The Morgan fingerprint density at radius 2 is 2.00 bits per heavy atom. The van der Waals surface area contributed by atoms with Gasteiger partial charge in [0.1, 0.15) is 5.75 Å². The van der Waals surface area contributed by atoms with Gasteiger partial charge >= 0.3 is 0 Å². The maximum atomic E-state index is 12.7. The first-order valence-electron chi connectivity index (χ1n) is 8.42. The van der Waals surface area contributed by atoms with Gasteiger partial charge in [-0.1, -0.05) is 17.7 Å². The third-order valence-electron chi connectivity index (χ3n) is 4.57. The van der Waals surface area contributed by atoms with Crippen molar-refractivity contribution in [2.24, 2.45) is 0 Å². The molecule has 1 aromatic heterocycles. The third kappa shape index (κ3) is 3.71. The summed E-state index contributed by atoms with van der Waals surface area (Å²) in [4.78, 5) is 20.8. The van der Waals surface area contributed by atoms with E-state index in [1.54, 1.807) is 17.2 Å². The Morgan fingerprint density at radius 1 is 1.20 bits per heavy atom. The number of anilines is 1. The number of carbonyl (C=O) groups excluding carboxylic acids is 1. The van der Waals surface area contributed by atoms with Crippen LogP contribution in [0.5, 0.6) is 5.75 Å².